The summed E-state index contributed by atoms with van der Waals surface area (Å²) in [6, 6.07) is 8.00. The third-order valence-corrected chi connectivity index (χ3v) is 5.35. The van der Waals surface area contributed by atoms with Crippen LogP contribution in [0.5, 0.6) is 11.5 Å². The molecule has 1 aromatic heterocycles. The van der Waals surface area contributed by atoms with Gasteiger partial charge in [-0.05, 0) is 56.4 Å². The van der Waals surface area contributed by atoms with Crippen LogP contribution in [0.2, 0.25) is 0 Å². The third-order valence-electron chi connectivity index (χ3n) is 5.35. The second-order valence-corrected chi connectivity index (χ2v) is 8.26. The fourth-order valence-electron chi connectivity index (χ4n) is 3.33. The largest absolute Gasteiger partial charge is 0.494 e. The maximum Gasteiger partial charge on any atom is 0.159 e. The molecule has 0 radical (unpaired) electrons. The minimum absolute atomic E-state index is 0.698. The van der Waals surface area contributed by atoms with E-state index in [0.717, 1.165) is 69.0 Å². The average molecular weight is 443 g/mol. The molecule has 178 valence electrons. The van der Waals surface area contributed by atoms with Gasteiger partial charge in [-0.15, -0.1) is 0 Å². The number of nitrogens with zero attached hydrogens (tertiary/aromatic N) is 2. The maximum atomic E-state index is 5.83. The highest BCUT2D eigenvalue weighted by Crippen LogP contribution is 2.21. The lowest BCUT2D eigenvalue weighted by molar-refractivity contribution is 0.126. The molecule has 0 unspecified atom stereocenters. The van der Waals surface area contributed by atoms with E-state index in [1.807, 2.05) is 24.3 Å². The summed E-state index contributed by atoms with van der Waals surface area (Å²) in [5, 5.41) is 0. The van der Waals surface area contributed by atoms with Crippen molar-refractivity contribution >= 4 is 0 Å². The van der Waals surface area contributed by atoms with Crippen LogP contribution >= 0.6 is 0 Å². The van der Waals surface area contributed by atoms with Gasteiger partial charge in [0.25, 0.3) is 0 Å². The first-order chi connectivity index (χ1) is 15.8. The second-order valence-electron chi connectivity index (χ2n) is 8.26. The molecule has 1 aromatic carbocycles. The van der Waals surface area contributed by atoms with E-state index in [1.165, 1.54) is 38.5 Å². The number of benzene rings is 1. The Morgan fingerprint density at radius 3 is 1.72 bits per heavy atom. The van der Waals surface area contributed by atoms with Crippen molar-refractivity contribution in [3.63, 3.8) is 0 Å². The van der Waals surface area contributed by atoms with Gasteiger partial charge in [0.1, 0.15) is 5.75 Å². The van der Waals surface area contributed by atoms with E-state index in [1.54, 1.807) is 12.4 Å². The van der Waals surface area contributed by atoms with Crippen LogP contribution in [0.3, 0.4) is 0 Å². The Labute approximate surface area is 194 Å². The maximum absolute atomic E-state index is 5.83. The fourth-order valence-corrected chi connectivity index (χ4v) is 3.33. The van der Waals surface area contributed by atoms with Gasteiger partial charge in [-0.3, -0.25) is 0 Å². The Balaban J connectivity index is 1.59. The van der Waals surface area contributed by atoms with E-state index in [9.17, 15) is 0 Å². The number of hydrogen-bond donors (Lipinski definition) is 0. The monoisotopic (exact) mass is 442 g/mol. The zero-order valence-corrected chi connectivity index (χ0v) is 20.2. The first-order valence-electron chi connectivity index (χ1n) is 12.6. The van der Waals surface area contributed by atoms with Gasteiger partial charge in [-0.25, -0.2) is 9.97 Å². The third kappa shape index (κ3) is 11.5. The zero-order chi connectivity index (χ0) is 22.7. The summed E-state index contributed by atoms with van der Waals surface area (Å²) < 4.78 is 17.2. The molecule has 0 saturated heterocycles. The van der Waals surface area contributed by atoms with E-state index >= 15 is 0 Å². The number of unbranched alkanes of at least 4 members (excludes halogenated alkanes) is 8. The first-order valence-corrected chi connectivity index (χ1v) is 12.6. The van der Waals surface area contributed by atoms with Crippen molar-refractivity contribution in [2.24, 2.45) is 0 Å². The molecule has 0 spiro atoms. The van der Waals surface area contributed by atoms with Crippen LogP contribution in [-0.2, 0) is 4.74 Å². The summed E-state index contributed by atoms with van der Waals surface area (Å²) in [6.45, 7) is 7.67. The first kappa shape index (κ1) is 26.1. The normalized spacial score (nSPS) is 10.9. The molecule has 2 rings (SSSR count). The van der Waals surface area contributed by atoms with Crippen molar-refractivity contribution in [2.45, 2.75) is 84.5 Å². The topological polar surface area (TPSA) is 53.5 Å². The molecule has 5 nitrogen and oxygen atoms in total. The Morgan fingerprint density at radius 2 is 1.09 bits per heavy atom. The van der Waals surface area contributed by atoms with Gasteiger partial charge in [0.05, 0.1) is 25.6 Å². The molecule has 0 atom stereocenters. The van der Waals surface area contributed by atoms with Crippen LogP contribution in [-0.4, -0.2) is 36.4 Å². The molecule has 0 aliphatic carbocycles. The van der Waals surface area contributed by atoms with Crippen LogP contribution in [0.4, 0.5) is 0 Å². The van der Waals surface area contributed by atoms with Gasteiger partial charge in [0.2, 0.25) is 0 Å². The number of rotatable bonds is 19. The summed E-state index contributed by atoms with van der Waals surface area (Å²) in [4.78, 5) is 8.91. The van der Waals surface area contributed by atoms with Crippen molar-refractivity contribution in [3.05, 3.63) is 36.7 Å². The average Bonchev–Trinajstić information content (AvgIpc) is 2.83. The summed E-state index contributed by atoms with van der Waals surface area (Å²) in [6.07, 6.45) is 16.6. The molecular formula is C27H42N2O3. The molecule has 32 heavy (non-hydrogen) atoms. The molecule has 0 aliphatic heterocycles. The predicted octanol–water partition coefficient (Wildman–Crippen LogP) is 7.25. The molecule has 1 heterocycles. The Hall–Kier alpha value is -2.14. The van der Waals surface area contributed by atoms with Crippen molar-refractivity contribution < 1.29 is 14.2 Å². The molecule has 0 amide bonds. The highest BCUT2D eigenvalue weighted by Gasteiger charge is 2.03. The van der Waals surface area contributed by atoms with Crippen molar-refractivity contribution in [3.8, 4) is 22.9 Å². The summed E-state index contributed by atoms with van der Waals surface area (Å²) >= 11 is 0. The van der Waals surface area contributed by atoms with E-state index in [2.05, 4.69) is 23.8 Å². The van der Waals surface area contributed by atoms with Gasteiger partial charge in [-0.2, -0.15) is 0 Å². The van der Waals surface area contributed by atoms with Gasteiger partial charge in [0, 0.05) is 18.8 Å². The molecule has 0 bridgehead atoms. The highest BCUT2D eigenvalue weighted by atomic mass is 16.5. The summed E-state index contributed by atoms with van der Waals surface area (Å²) in [7, 11) is 0. The smallest absolute Gasteiger partial charge is 0.159 e. The lowest BCUT2D eigenvalue weighted by atomic mass is 10.2. The molecule has 0 aliphatic rings. The van der Waals surface area contributed by atoms with Gasteiger partial charge >= 0.3 is 0 Å². The highest BCUT2D eigenvalue weighted by molar-refractivity contribution is 5.56. The Bertz CT molecular complexity index is 689. The molecule has 0 saturated carbocycles. The van der Waals surface area contributed by atoms with Crippen LogP contribution in [0.1, 0.15) is 84.5 Å². The van der Waals surface area contributed by atoms with Crippen molar-refractivity contribution in [1.82, 2.24) is 9.97 Å². The lowest BCUT2D eigenvalue weighted by Crippen LogP contribution is -2.00. The second kappa shape index (κ2) is 17.4. The van der Waals surface area contributed by atoms with Crippen molar-refractivity contribution in [1.29, 1.82) is 0 Å². The number of ether oxygens (including phenoxy) is 3. The predicted molar refractivity (Wildman–Crippen MR) is 131 cm³/mol. The lowest BCUT2D eigenvalue weighted by Gasteiger charge is -2.08. The minimum Gasteiger partial charge on any atom is -0.494 e. The van der Waals surface area contributed by atoms with Crippen LogP contribution in [0.25, 0.3) is 11.4 Å². The standard InChI is InChI=1S/C27H42N2O3/c1-3-5-7-8-12-20-31-25-16-14-24(15-17-25)27-28-22-26(23-29-27)32-21-13-10-9-11-19-30-18-6-4-2/h14-17,22-23H,3-13,18-21H2,1-2H3. The fraction of sp³-hybridized carbons (Fsp3) is 0.630. The van der Waals surface area contributed by atoms with Gasteiger partial charge in [-0.1, -0.05) is 52.4 Å². The van der Waals surface area contributed by atoms with Crippen LogP contribution < -0.4 is 9.47 Å². The molecule has 2 aromatic rings. The van der Waals surface area contributed by atoms with Crippen LogP contribution in [0, 0.1) is 0 Å². The molecule has 0 N–H and O–H groups in total. The van der Waals surface area contributed by atoms with E-state index in [4.69, 9.17) is 14.2 Å². The molecular weight excluding hydrogens is 400 g/mol. The Morgan fingerprint density at radius 1 is 0.562 bits per heavy atom. The Kier molecular flexibility index (Phi) is 14.2. The summed E-state index contributed by atoms with van der Waals surface area (Å²) in [5.41, 5.74) is 0.980. The zero-order valence-electron chi connectivity index (χ0n) is 20.2. The van der Waals surface area contributed by atoms with Crippen molar-refractivity contribution in [2.75, 3.05) is 26.4 Å². The number of hydrogen-bond acceptors (Lipinski definition) is 5. The van der Waals surface area contributed by atoms with E-state index < -0.39 is 0 Å². The van der Waals surface area contributed by atoms with Gasteiger partial charge in [0.15, 0.2) is 11.6 Å². The number of aromatic nitrogens is 2. The molecule has 5 heteroatoms. The minimum atomic E-state index is 0.698. The summed E-state index contributed by atoms with van der Waals surface area (Å²) in [5.74, 6) is 2.32. The van der Waals surface area contributed by atoms with E-state index in [-0.39, 0.29) is 0 Å². The quantitative estimate of drug-likeness (QED) is 0.214. The van der Waals surface area contributed by atoms with Gasteiger partial charge < -0.3 is 14.2 Å². The molecule has 0 fully saturated rings. The van der Waals surface area contributed by atoms with Crippen LogP contribution in [0.15, 0.2) is 36.7 Å². The van der Waals surface area contributed by atoms with E-state index in [0.29, 0.717) is 12.4 Å². The SMILES string of the molecule is CCCCCCCOc1ccc(-c2ncc(OCCCCCCOCCCC)cn2)cc1.